The van der Waals surface area contributed by atoms with Gasteiger partial charge in [-0.3, -0.25) is 4.99 Å². The Morgan fingerprint density at radius 3 is 2.38 bits per heavy atom. The third-order valence-electron chi connectivity index (χ3n) is 4.35. The van der Waals surface area contributed by atoms with Crippen LogP contribution in [0.3, 0.4) is 0 Å². The van der Waals surface area contributed by atoms with Gasteiger partial charge < -0.3 is 20.3 Å². The summed E-state index contributed by atoms with van der Waals surface area (Å²) in [6.07, 6.45) is 0. The standard InChI is InChI=1S/C20H25ClN4O/c1-22-20(24-15-17-3-2-4-18(21)13-17)23-14-16-5-7-19(8-6-16)25-9-11-26-12-10-25/h2-8,13H,9-12,14-15H2,1H3,(H2,22,23,24). The summed E-state index contributed by atoms with van der Waals surface area (Å²) in [6, 6.07) is 16.5. The minimum Gasteiger partial charge on any atom is -0.378 e. The lowest BCUT2D eigenvalue weighted by atomic mass is 10.2. The minimum absolute atomic E-state index is 0.677. The van der Waals surface area contributed by atoms with Crippen molar-refractivity contribution in [3.63, 3.8) is 0 Å². The Labute approximate surface area is 160 Å². The van der Waals surface area contributed by atoms with Gasteiger partial charge in [0.2, 0.25) is 0 Å². The first kappa shape index (κ1) is 18.5. The molecule has 0 bridgehead atoms. The summed E-state index contributed by atoms with van der Waals surface area (Å²) in [5, 5.41) is 7.39. The molecule has 1 heterocycles. The van der Waals surface area contributed by atoms with Crippen molar-refractivity contribution in [1.29, 1.82) is 0 Å². The summed E-state index contributed by atoms with van der Waals surface area (Å²) in [7, 11) is 1.77. The van der Waals surface area contributed by atoms with E-state index < -0.39 is 0 Å². The number of benzene rings is 2. The maximum Gasteiger partial charge on any atom is 0.191 e. The fourth-order valence-corrected chi connectivity index (χ4v) is 3.10. The van der Waals surface area contributed by atoms with E-state index in [0.717, 1.165) is 49.4 Å². The molecule has 26 heavy (non-hydrogen) atoms. The van der Waals surface area contributed by atoms with Gasteiger partial charge in [-0.2, -0.15) is 0 Å². The van der Waals surface area contributed by atoms with Crippen LogP contribution in [-0.2, 0) is 17.8 Å². The van der Waals surface area contributed by atoms with Crippen molar-refractivity contribution in [2.75, 3.05) is 38.3 Å². The molecule has 3 rings (SSSR count). The van der Waals surface area contributed by atoms with Gasteiger partial charge in [-0.15, -0.1) is 0 Å². The molecule has 0 saturated carbocycles. The highest BCUT2D eigenvalue weighted by molar-refractivity contribution is 6.30. The predicted molar refractivity (Wildman–Crippen MR) is 108 cm³/mol. The van der Waals surface area contributed by atoms with Crippen molar-refractivity contribution >= 4 is 23.2 Å². The molecule has 0 unspecified atom stereocenters. The third-order valence-corrected chi connectivity index (χ3v) is 4.58. The van der Waals surface area contributed by atoms with Gasteiger partial charge in [-0.25, -0.2) is 0 Å². The van der Waals surface area contributed by atoms with Crippen LogP contribution >= 0.6 is 11.6 Å². The Balaban J connectivity index is 1.48. The number of halogens is 1. The first-order valence-electron chi connectivity index (χ1n) is 8.85. The molecule has 0 aliphatic carbocycles. The number of hydrogen-bond donors (Lipinski definition) is 2. The van der Waals surface area contributed by atoms with Gasteiger partial charge in [0.1, 0.15) is 0 Å². The van der Waals surface area contributed by atoms with Crippen LogP contribution in [0.1, 0.15) is 11.1 Å². The van der Waals surface area contributed by atoms with Gasteiger partial charge in [-0.1, -0.05) is 35.9 Å². The highest BCUT2D eigenvalue weighted by Crippen LogP contribution is 2.16. The quantitative estimate of drug-likeness (QED) is 0.625. The van der Waals surface area contributed by atoms with E-state index in [4.69, 9.17) is 16.3 Å². The average Bonchev–Trinajstić information content (AvgIpc) is 2.69. The second kappa shape index (κ2) is 9.46. The molecular formula is C20H25ClN4O. The van der Waals surface area contributed by atoms with Crippen molar-refractivity contribution in [1.82, 2.24) is 10.6 Å². The predicted octanol–water partition coefficient (Wildman–Crippen LogP) is 3.04. The van der Waals surface area contributed by atoms with Crippen molar-refractivity contribution < 1.29 is 4.74 Å². The number of guanidine groups is 1. The van der Waals surface area contributed by atoms with Crippen LogP contribution in [0, 0.1) is 0 Å². The van der Waals surface area contributed by atoms with Gasteiger partial charge in [-0.05, 0) is 35.4 Å². The molecular weight excluding hydrogens is 348 g/mol. The Kier molecular flexibility index (Phi) is 6.75. The molecule has 0 atom stereocenters. The normalized spacial score (nSPS) is 15.0. The van der Waals surface area contributed by atoms with E-state index >= 15 is 0 Å². The molecule has 2 N–H and O–H groups in total. The van der Waals surface area contributed by atoms with Gasteiger partial charge >= 0.3 is 0 Å². The lowest BCUT2D eigenvalue weighted by Crippen LogP contribution is -2.36. The summed E-state index contributed by atoms with van der Waals surface area (Å²) in [5.41, 5.74) is 3.59. The van der Waals surface area contributed by atoms with Crippen LogP contribution in [0.15, 0.2) is 53.5 Å². The largest absolute Gasteiger partial charge is 0.378 e. The lowest BCUT2D eigenvalue weighted by molar-refractivity contribution is 0.122. The zero-order valence-corrected chi connectivity index (χ0v) is 15.8. The van der Waals surface area contributed by atoms with Crippen molar-refractivity contribution in [3.05, 3.63) is 64.7 Å². The summed E-state index contributed by atoms with van der Waals surface area (Å²) in [6.45, 7) is 4.92. The van der Waals surface area contributed by atoms with Crippen LogP contribution in [0.2, 0.25) is 5.02 Å². The fourth-order valence-electron chi connectivity index (χ4n) is 2.89. The summed E-state index contributed by atoms with van der Waals surface area (Å²) in [4.78, 5) is 6.62. The highest BCUT2D eigenvalue weighted by atomic mass is 35.5. The molecule has 1 aliphatic rings. The van der Waals surface area contributed by atoms with Gasteiger partial charge in [0, 0.05) is 43.9 Å². The summed E-state index contributed by atoms with van der Waals surface area (Å²) >= 11 is 6.02. The van der Waals surface area contributed by atoms with Gasteiger partial charge in [0.15, 0.2) is 5.96 Å². The minimum atomic E-state index is 0.677. The van der Waals surface area contributed by atoms with Crippen LogP contribution in [0.5, 0.6) is 0 Å². The number of nitrogens with zero attached hydrogens (tertiary/aromatic N) is 2. The molecule has 1 aliphatic heterocycles. The van der Waals surface area contributed by atoms with Crippen molar-refractivity contribution in [2.24, 2.45) is 4.99 Å². The summed E-state index contributed by atoms with van der Waals surface area (Å²) < 4.78 is 5.40. The molecule has 2 aromatic rings. The Morgan fingerprint density at radius 2 is 1.73 bits per heavy atom. The van der Waals surface area contributed by atoms with E-state index in [9.17, 15) is 0 Å². The Morgan fingerprint density at radius 1 is 1.04 bits per heavy atom. The van der Waals surface area contributed by atoms with E-state index in [1.807, 2.05) is 24.3 Å². The monoisotopic (exact) mass is 372 g/mol. The van der Waals surface area contributed by atoms with Crippen molar-refractivity contribution in [3.8, 4) is 0 Å². The first-order chi connectivity index (χ1) is 12.7. The Hall–Kier alpha value is -2.24. The van der Waals surface area contributed by atoms with E-state index in [-0.39, 0.29) is 0 Å². The lowest BCUT2D eigenvalue weighted by Gasteiger charge is -2.28. The van der Waals surface area contributed by atoms with Gasteiger partial charge in [0.25, 0.3) is 0 Å². The smallest absolute Gasteiger partial charge is 0.191 e. The van der Waals surface area contributed by atoms with E-state index in [1.165, 1.54) is 11.3 Å². The molecule has 5 nitrogen and oxygen atoms in total. The topological polar surface area (TPSA) is 48.9 Å². The SMILES string of the molecule is CN=C(NCc1ccc(N2CCOCC2)cc1)NCc1cccc(Cl)c1. The van der Waals surface area contributed by atoms with Crippen LogP contribution in [0.25, 0.3) is 0 Å². The molecule has 0 amide bonds. The van der Waals surface area contributed by atoms with E-state index in [1.54, 1.807) is 7.05 Å². The molecule has 138 valence electrons. The molecule has 2 aromatic carbocycles. The second-order valence-corrected chi connectivity index (χ2v) is 6.61. The second-order valence-electron chi connectivity index (χ2n) is 6.18. The first-order valence-corrected chi connectivity index (χ1v) is 9.23. The Bertz CT molecular complexity index is 727. The van der Waals surface area contributed by atoms with Crippen LogP contribution in [-0.4, -0.2) is 39.3 Å². The zero-order valence-electron chi connectivity index (χ0n) is 15.0. The number of ether oxygens (including phenoxy) is 1. The van der Waals surface area contributed by atoms with Crippen molar-refractivity contribution in [2.45, 2.75) is 13.1 Å². The average molecular weight is 373 g/mol. The number of rotatable bonds is 5. The number of nitrogens with one attached hydrogen (secondary N) is 2. The zero-order chi connectivity index (χ0) is 18.2. The van der Waals surface area contributed by atoms with Gasteiger partial charge in [0.05, 0.1) is 13.2 Å². The summed E-state index contributed by atoms with van der Waals surface area (Å²) in [5.74, 6) is 0.766. The van der Waals surface area contributed by atoms with Crippen LogP contribution in [0.4, 0.5) is 5.69 Å². The molecule has 1 fully saturated rings. The highest BCUT2D eigenvalue weighted by Gasteiger charge is 2.10. The number of morpholine rings is 1. The number of anilines is 1. The number of aliphatic imine (C=N–C) groups is 1. The van der Waals surface area contributed by atoms with Crippen LogP contribution < -0.4 is 15.5 Å². The molecule has 1 saturated heterocycles. The van der Waals surface area contributed by atoms with E-state index in [0.29, 0.717) is 6.54 Å². The molecule has 0 spiro atoms. The molecule has 6 heteroatoms. The molecule has 0 aromatic heterocycles. The molecule has 0 radical (unpaired) electrons. The third kappa shape index (κ3) is 5.38. The maximum atomic E-state index is 6.02. The fraction of sp³-hybridized carbons (Fsp3) is 0.350. The number of hydrogen-bond acceptors (Lipinski definition) is 3. The maximum absolute atomic E-state index is 6.02. The van der Waals surface area contributed by atoms with E-state index in [2.05, 4.69) is 44.8 Å².